The van der Waals surface area contributed by atoms with Crippen molar-refractivity contribution in [1.82, 2.24) is 14.8 Å². The molecule has 5 nitrogen and oxygen atoms in total. The summed E-state index contributed by atoms with van der Waals surface area (Å²) in [4.78, 5) is 13.2. The van der Waals surface area contributed by atoms with Crippen LogP contribution in [0.3, 0.4) is 0 Å². The van der Waals surface area contributed by atoms with Gasteiger partial charge in [-0.15, -0.1) is 21.5 Å². The van der Waals surface area contributed by atoms with Gasteiger partial charge in [0.15, 0.2) is 5.16 Å². The fourth-order valence-electron chi connectivity index (χ4n) is 2.17. The number of benzene rings is 1. The molecule has 0 saturated heterocycles. The average molecular weight is 383 g/mol. The zero-order valence-corrected chi connectivity index (χ0v) is 16.1. The van der Waals surface area contributed by atoms with Gasteiger partial charge in [0.05, 0.1) is 10.6 Å². The van der Waals surface area contributed by atoms with Crippen LogP contribution in [-0.4, -0.2) is 26.4 Å². The Labute approximate surface area is 160 Å². The lowest BCUT2D eigenvalue weighted by Crippen LogP contribution is -2.14. The quantitative estimate of drug-likeness (QED) is 0.534. The molecule has 132 valence electrons. The normalized spacial score (nSPS) is 10.4. The molecule has 3 rings (SSSR count). The third-order valence-electron chi connectivity index (χ3n) is 3.43. The van der Waals surface area contributed by atoms with Gasteiger partial charge in [-0.3, -0.25) is 4.79 Å². The molecule has 26 heavy (non-hydrogen) atoms. The summed E-state index contributed by atoms with van der Waals surface area (Å²) in [5.74, 6) is 6.42. The zero-order valence-electron chi connectivity index (χ0n) is 14.5. The third-order valence-corrected chi connectivity index (χ3v) is 5.17. The maximum atomic E-state index is 12.2. The van der Waals surface area contributed by atoms with E-state index < -0.39 is 0 Å². The molecule has 0 radical (unpaired) electrons. The van der Waals surface area contributed by atoms with Crippen molar-refractivity contribution in [3.8, 4) is 11.8 Å². The highest BCUT2D eigenvalue weighted by Gasteiger charge is 2.10. The number of aromatic nitrogens is 3. The smallest absolute Gasteiger partial charge is 0.234 e. The standard InChI is InChI=1S/C19H18N4OS2/c1-14(2)23-13-20-22-19(23)26-12-18(24)21-16-6-3-5-15(11-16)8-9-17-7-4-10-25-17/h3-7,10-11,13-14H,12H2,1-2H3,(H,21,24). The van der Waals surface area contributed by atoms with E-state index in [0.717, 1.165) is 21.3 Å². The fraction of sp³-hybridized carbons (Fsp3) is 0.211. The van der Waals surface area contributed by atoms with Crippen LogP contribution in [0.5, 0.6) is 0 Å². The lowest BCUT2D eigenvalue weighted by molar-refractivity contribution is -0.113. The number of carbonyl (C=O) groups is 1. The van der Waals surface area contributed by atoms with Gasteiger partial charge in [0.25, 0.3) is 0 Å². The second-order valence-corrected chi connectivity index (χ2v) is 7.65. The van der Waals surface area contributed by atoms with Crippen LogP contribution in [0.4, 0.5) is 5.69 Å². The zero-order chi connectivity index (χ0) is 18.4. The number of nitrogens with one attached hydrogen (secondary N) is 1. The number of anilines is 1. The van der Waals surface area contributed by atoms with Crippen LogP contribution in [0.2, 0.25) is 0 Å². The molecule has 7 heteroatoms. The largest absolute Gasteiger partial charge is 0.325 e. The molecule has 1 amide bonds. The first-order chi connectivity index (χ1) is 12.6. The first-order valence-electron chi connectivity index (χ1n) is 8.09. The number of thiophene rings is 1. The summed E-state index contributed by atoms with van der Waals surface area (Å²) in [6.07, 6.45) is 1.68. The maximum Gasteiger partial charge on any atom is 0.234 e. The molecule has 0 saturated carbocycles. The molecule has 2 aromatic heterocycles. The summed E-state index contributed by atoms with van der Waals surface area (Å²) in [7, 11) is 0. The van der Waals surface area contributed by atoms with Crippen molar-refractivity contribution < 1.29 is 4.79 Å². The second-order valence-electron chi connectivity index (χ2n) is 5.76. The van der Waals surface area contributed by atoms with Gasteiger partial charge in [-0.2, -0.15) is 0 Å². The summed E-state index contributed by atoms with van der Waals surface area (Å²) < 4.78 is 1.94. The van der Waals surface area contributed by atoms with Gasteiger partial charge in [-0.05, 0) is 43.5 Å². The number of amides is 1. The van der Waals surface area contributed by atoms with Crippen LogP contribution in [0, 0.1) is 11.8 Å². The van der Waals surface area contributed by atoms with Crippen LogP contribution >= 0.6 is 23.1 Å². The van der Waals surface area contributed by atoms with Gasteiger partial charge in [0.2, 0.25) is 5.91 Å². The fourth-order valence-corrected chi connectivity index (χ4v) is 3.59. The third kappa shape index (κ3) is 4.97. The minimum Gasteiger partial charge on any atom is -0.325 e. The van der Waals surface area contributed by atoms with Crippen molar-refractivity contribution in [2.75, 3.05) is 11.1 Å². The van der Waals surface area contributed by atoms with Crippen molar-refractivity contribution in [2.45, 2.75) is 25.0 Å². The molecule has 0 aliphatic rings. The minimum absolute atomic E-state index is 0.0864. The Kier molecular flexibility index (Phi) is 6.10. The van der Waals surface area contributed by atoms with Gasteiger partial charge >= 0.3 is 0 Å². The summed E-state index contributed by atoms with van der Waals surface area (Å²) in [6.45, 7) is 4.10. The van der Waals surface area contributed by atoms with E-state index in [1.54, 1.807) is 17.7 Å². The molecular formula is C19H18N4OS2. The van der Waals surface area contributed by atoms with Gasteiger partial charge in [-0.25, -0.2) is 0 Å². The Bertz CT molecular complexity index is 936. The second kappa shape index (κ2) is 8.70. The number of hydrogen-bond donors (Lipinski definition) is 1. The Morgan fingerprint density at radius 1 is 1.31 bits per heavy atom. The Balaban J connectivity index is 1.59. The molecule has 1 aromatic carbocycles. The lowest BCUT2D eigenvalue weighted by atomic mass is 10.2. The first-order valence-corrected chi connectivity index (χ1v) is 9.96. The predicted octanol–water partition coefficient (Wildman–Crippen LogP) is 4.05. The molecule has 0 bridgehead atoms. The monoisotopic (exact) mass is 382 g/mol. The van der Waals surface area contributed by atoms with Crippen molar-refractivity contribution in [3.05, 3.63) is 58.5 Å². The van der Waals surface area contributed by atoms with Crippen molar-refractivity contribution >= 4 is 34.7 Å². The van der Waals surface area contributed by atoms with Crippen LogP contribution in [-0.2, 0) is 4.79 Å². The van der Waals surface area contributed by atoms with Gasteiger partial charge in [0, 0.05) is 17.3 Å². The van der Waals surface area contributed by atoms with E-state index in [1.807, 2.05) is 46.3 Å². The topological polar surface area (TPSA) is 59.8 Å². The predicted molar refractivity (Wildman–Crippen MR) is 107 cm³/mol. The van der Waals surface area contributed by atoms with Crippen LogP contribution < -0.4 is 5.32 Å². The van der Waals surface area contributed by atoms with Crippen molar-refractivity contribution in [3.63, 3.8) is 0 Å². The molecule has 0 fully saturated rings. The highest BCUT2D eigenvalue weighted by molar-refractivity contribution is 7.99. The number of nitrogens with zero attached hydrogens (tertiary/aromatic N) is 3. The summed E-state index contributed by atoms with van der Waals surface area (Å²) >= 11 is 2.98. The number of carbonyl (C=O) groups excluding carboxylic acids is 1. The molecule has 0 atom stereocenters. The molecule has 2 heterocycles. The van der Waals surface area contributed by atoms with Crippen LogP contribution in [0.1, 0.15) is 30.3 Å². The number of rotatable bonds is 5. The average Bonchev–Trinajstić information content (AvgIpc) is 3.30. The Hall–Kier alpha value is -2.56. The van der Waals surface area contributed by atoms with E-state index >= 15 is 0 Å². The van der Waals surface area contributed by atoms with Crippen molar-refractivity contribution in [1.29, 1.82) is 0 Å². The van der Waals surface area contributed by atoms with Crippen LogP contribution in [0.25, 0.3) is 0 Å². The molecule has 3 aromatic rings. The molecule has 0 aliphatic carbocycles. The summed E-state index contributed by atoms with van der Waals surface area (Å²) in [5.41, 5.74) is 1.60. The van der Waals surface area contributed by atoms with E-state index in [9.17, 15) is 4.79 Å². The Morgan fingerprint density at radius 3 is 2.96 bits per heavy atom. The van der Waals surface area contributed by atoms with Gasteiger partial charge in [-0.1, -0.05) is 35.7 Å². The molecule has 0 unspecified atom stereocenters. The molecule has 0 spiro atoms. The van der Waals surface area contributed by atoms with Gasteiger partial charge in [0.1, 0.15) is 6.33 Å². The highest BCUT2D eigenvalue weighted by Crippen LogP contribution is 2.19. The number of hydrogen-bond acceptors (Lipinski definition) is 5. The SMILES string of the molecule is CC(C)n1cnnc1SCC(=O)Nc1cccc(C#Cc2cccs2)c1. The van der Waals surface area contributed by atoms with E-state index in [2.05, 4.69) is 41.2 Å². The van der Waals surface area contributed by atoms with E-state index in [1.165, 1.54) is 11.8 Å². The molecular weight excluding hydrogens is 364 g/mol. The maximum absolute atomic E-state index is 12.2. The first kappa shape index (κ1) is 18.2. The van der Waals surface area contributed by atoms with Crippen LogP contribution in [0.15, 0.2) is 53.3 Å². The number of thioether (sulfide) groups is 1. The van der Waals surface area contributed by atoms with Gasteiger partial charge < -0.3 is 9.88 Å². The molecule has 0 aliphatic heterocycles. The minimum atomic E-state index is -0.0864. The Morgan fingerprint density at radius 2 is 2.19 bits per heavy atom. The summed E-state index contributed by atoms with van der Waals surface area (Å²) in [5, 5.41) is 13.6. The van der Waals surface area contributed by atoms with E-state index in [4.69, 9.17) is 0 Å². The van der Waals surface area contributed by atoms with E-state index in [-0.39, 0.29) is 17.7 Å². The highest BCUT2D eigenvalue weighted by atomic mass is 32.2. The molecule has 1 N–H and O–H groups in total. The van der Waals surface area contributed by atoms with E-state index in [0.29, 0.717) is 0 Å². The van der Waals surface area contributed by atoms with Crippen molar-refractivity contribution in [2.24, 2.45) is 0 Å². The lowest BCUT2D eigenvalue weighted by Gasteiger charge is -2.09. The summed E-state index contributed by atoms with van der Waals surface area (Å²) in [6, 6.07) is 11.8.